The number of unbranched alkanes of at least 4 members (excludes halogenated alkanes) is 21. The zero-order valence-corrected chi connectivity index (χ0v) is 49.5. The topological polar surface area (TPSA) is 0 Å². The molecule has 0 saturated heterocycles. The van der Waals surface area contributed by atoms with Crippen molar-refractivity contribution in [1.82, 2.24) is 0 Å². The fraction of sp³-hybridized carbons (Fsp3) is 0.544. The van der Waals surface area contributed by atoms with E-state index in [0.717, 1.165) is 0 Å². The Morgan fingerprint density at radius 3 is 1.06 bits per heavy atom. The van der Waals surface area contributed by atoms with Crippen LogP contribution in [0.1, 0.15) is 180 Å². The third kappa shape index (κ3) is 16.7. The van der Waals surface area contributed by atoms with E-state index in [2.05, 4.69) is 100 Å². The Hall–Kier alpha value is -0.544. The predicted molar refractivity (Wildman–Crippen MR) is 289 cm³/mol. The first-order chi connectivity index (χ1) is 30.6. The number of hydrogen-bond acceptors (Lipinski definition) is 2. The summed E-state index contributed by atoms with van der Waals surface area (Å²) in [5.74, 6) is 0. The van der Waals surface area contributed by atoms with Gasteiger partial charge in [-0.15, -0.1) is 0 Å². The van der Waals surface area contributed by atoms with Crippen LogP contribution in [-0.4, -0.2) is 63.4 Å². The van der Waals surface area contributed by atoms with Crippen LogP contribution in [0, 0.1) is 6.92 Å². The van der Waals surface area contributed by atoms with Crippen LogP contribution in [-0.2, 0) is 0 Å². The van der Waals surface area contributed by atoms with Gasteiger partial charge in [0.25, 0.3) is 0 Å². The first kappa shape index (κ1) is 50.9. The molecule has 0 aliphatic carbocycles. The molecular formula is C57H78S2Sn3. The molecule has 4 aromatic carbocycles. The summed E-state index contributed by atoms with van der Waals surface area (Å²) in [6.07, 6.45) is 34.3. The molecule has 5 heteroatoms. The van der Waals surface area contributed by atoms with E-state index in [9.17, 15) is 0 Å². The zero-order valence-electron chi connectivity index (χ0n) is 39.3. The second-order valence-corrected chi connectivity index (χ2v) is 32.7. The maximum atomic E-state index is 2.72. The Labute approximate surface area is 417 Å². The van der Waals surface area contributed by atoms with Crippen molar-refractivity contribution in [1.29, 1.82) is 0 Å². The number of aryl methyl sites for hydroxylation is 1. The summed E-state index contributed by atoms with van der Waals surface area (Å²) in [7, 11) is 0. The van der Waals surface area contributed by atoms with E-state index in [1.807, 2.05) is 22.7 Å². The van der Waals surface area contributed by atoms with Crippen molar-refractivity contribution >= 4 is 126 Å². The molecule has 0 bridgehead atoms. The Morgan fingerprint density at radius 1 is 0.339 bits per heavy atom. The molecule has 330 valence electrons. The third-order valence-corrected chi connectivity index (χ3v) is 26.5. The number of rotatable bonds is 32. The Balaban J connectivity index is 1.11. The van der Waals surface area contributed by atoms with E-state index in [0.29, 0.717) is 0 Å². The van der Waals surface area contributed by atoms with Gasteiger partial charge < -0.3 is 0 Å². The first-order valence-corrected chi connectivity index (χ1v) is 37.4. The van der Waals surface area contributed by atoms with Crippen molar-refractivity contribution in [3.8, 4) is 22.3 Å². The molecule has 62 heavy (non-hydrogen) atoms. The molecular weight excluding hydrogens is 1100 g/mol. The van der Waals surface area contributed by atoms with Gasteiger partial charge in [0.05, 0.1) is 0 Å². The van der Waals surface area contributed by atoms with Gasteiger partial charge >= 0.3 is 422 Å². The SMILES string of the molecule is CCCCCCCCC[CH2][Sn][c]1cc(C)cc(-c2ccc3c(c2)sc2c4ccc(-c5c[c]([Sn][CH2]CCCCCCCCC)c[c]([Sn][CH2]CCCCCCCCC)c5)cc4sc32)c1. The van der Waals surface area contributed by atoms with Gasteiger partial charge in [0.1, 0.15) is 0 Å². The van der Waals surface area contributed by atoms with E-state index >= 15 is 0 Å². The van der Waals surface area contributed by atoms with Gasteiger partial charge in [-0.1, -0.05) is 0 Å². The van der Waals surface area contributed by atoms with Crippen molar-refractivity contribution in [2.75, 3.05) is 0 Å². The Kier molecular flexibility index (Phi) is 24.0. The van der Waals surface area contributed by atoms with Gasteiger partial charge in [0.15, 0.2) is 0 Å². The van der Waals surface area contributed by atoms with Gasteiger partial charge in [0.2, 0.25) is 0 Å². The molecule has 0 amide bonds. The maximum absolute atomic E-state index is 2.72. The van der Waals surface area contributed by atoms with Crippen LogP contribution in [0.3, 0.4) is 0 Å². The van der Waals surface area contributed by atoms with E-state index < -0.39 is 63.4 Å². The molecule has 0 spiro atoms. The van der Waals surface area contributed by atoms with Crippen LogP contribution in [0.4, 0.5) is 0 Å². The summed E-state index contributed by atoms with van der Waals surface area (Å²) in [4.78, 5) is 0. The van der Waals surface area contributed by atoms with Gasteiger partial charge in [-0.25, -0.2) is 0 Å². The van der Waals surface area contributed by atoms with E-state index in [1.165, 1.54) is 225 Å². The summed E-state index contributed by atoms with van der Waals surface area (Å²) < 4.78 is 15.6. The van der Waals surface area contributed by atoms with Crippen LogP contribution in [0.25, 0.3) is 51.8 Å². The third-order valence-electron chi connectivity index (χ3n) is 12.8. The summed E-state index contributed by atoms with van der Waals surface area (Å²) in [5.41, 5.74) is 7.21. The summed E-state index contributed by atoms with van der Waals surface area (Å²) in [6, 6.07) is 30.3. The van der Waals surface area contributed by atoms with Crippen LogP contribution in [0.15, 0.2) is 72.8 Å². The minimum absolute atomic E-state index is 0.540. The van der Waals surface area contributed by atoms with Gasteiger partial charge in [-0.3, -0.25) is 0 Å². The summed E-state index contributed by atoms with van der Waals surface area (Å²) in [6.45, 7) is 9.27. The molecule has 6 radical (unpaired) electrons. The van der Waals surface area contributed by atoms with Crippen molar-refractivity contribution in [3.05, 3.63) is 78.4 Å². The average molecular weight is 1180 g/mol. The molecule has 0 atom stereocenters. The van der Waals surface area contributed by atoms with Crippen LogP contribution < -0.4 is 10.7 Å². The molecule has 2 aromatic heterocycles. The van der Waals surface area contributed by atoms with Crippen LogP contribution >= 0.6 is 22.7 Å². The fourth-order valence-corrected chi connectivity index (χ4v) is 23.8. The first-order valence-electron chi connectivity index (χ1n) is 25.4. The molecule has 0 aliphatic rings. The quantitative estimate of drug-likeness (QED) is 0.0292. The second kappa shape index (κ2) is 29.3. The number of thiophene rings is 2. The molecule has 0 nitrogen and oxygen atoms in total. The molecule has 0 unspecified atom stereocenters. The number of hydrogen-bond donors (Lipinski definition) is 0. The molecule has 0 N–H and O–H groups in total. The monoisotopic (exact) mass is 1190 g/mol. The van der Waals surface area contributed by atoms with E-state index in [-0.39, 0.29) is 0 Å². The van der Waals surface area contributed by atoms with Crippen molar-refractivity contribution in [2.45, 2.75) is 195 Å². The second-order valence-electron chi connectivity index (χ2n) is 18.4. The Morgan fingerprint density at radius 2 is 0.677 bits per heavy atom. The van der Waals surface area contributed by atoms with Gasteiger partial charge in [-0.05, 0) is 0 Å². The molecule has 0 saturated carbocycles. The molecule has 2 heterocycles. The fourth-order valence-electron chi connectivity index (χ4n) is 9.14. The molecule has 0 fully saturated rings. The molecule has 6 rings (SSSR count). The predicted octanol–water partition coefficient (Wildman–Crippen LogP) is 17.6. The van der Waals surface area contributed by atoms with Gasteiger partial charge in [0, 0.05) is 0 Å². The van der Waals surface area contributed by atoms with E-state index in [4.69, 9.17) is 0 Å². The average Bonchev–Trinajstić information content (AvgIpc) is 3.82. The minimum atomic E-state index is -0.564. The normalized spacial score (nSPS) is 11.9. The number of fused-ring (bicyclic) bond motifs is 5. The van der Waals surface area contributed by atoms with Crippen LogP contribution in [0.2, 0.25) is 13.3 Å². The van der Waals surface area contributed by atoms with Crippen molar-refractivity contribution < 1.29 is 0 Å². The molecule has 0 aliphatic heterocycles. The van der Waals surface area contributed by atoms with Crippen LogP contribution in [0.5, 0.6) is 0 Å². The zero-order chi connectivity index (χ0) is 43.2. The number of benzene rings is 4. The van der Waals surface area contributed by atoms with Gasteiger partial charge in [-0.2, -0.15) is 0 Å². The standard InChI is InChI=1S/C27H15S2.3C10H21.3Sn/c1-17-6-5-9-19(14-17)21-11-13-23-25(16-21)29-26-22-12-10-20(15-24(22)28-27(23)26)18-7-3-2-4-8-18;3*1-3-5-7-9-10-8-6-4-2;;;/h2,6-16H,1H3;3*1,3-10H2,2H3;;;. The van der Waals surface area contributed by atoms with Crippen molar-refractivity contribution in [2.24, 2.45) is 0 Å². The Bertz CT molecular complexity index is 2150. The molecule has 6 aromatic rings. The van der Waals surface area contributed by atoms with Crippen molar-refractivity contribution in [3.63, 3.8) is 0 Å². The van der Waals surface area contributed by atoms with E-state index in [1.54, 1.807) is 10.7 Å². The summed E-state index contributed by atoms with van der Waals surface area (Å²) >= 11 is 2.39. The summed E-state index contributed by atoms with van der Waals surface area (Å²) in [5, 5.41) is 2.90.